The molecular weight excluding hydrogens is 344 g/mol. The third kappa shape index (κ3) is 3.24. The summed E-state index contributed by atoms with van der Waals surface area (Å²) in [6, 6.07) is 8.88. The fourth-order valence-corrected chi connectivity index (χ4v) is 5.90. The molecular formula is C17H20N2O3S2. The molecule has 1 aliphatic heterocycles. The Morgan fingerprint density at radius 1 is 1.33 bits per heavy atom. The van der Waals surface area contributed by atoms with E-state index < -0.39 is 10.0 Å². The number of aryl methyl sites for hydroxylation is 1. The van der Waals surface area contributed by atoms with Crippen molar-refractivity contribution in [3.63, 3.8) is 0 Å². The molecule has 128 valence electrons. The number of hydrogen-bond donors (Lipinski definition) is 1. The van der Waals surface area contributed by atoms with Gasteiger partial charge >= 0.3 is 0 Å². The molecule has 2 heterocycles. The molecule has 24 heavy (non-hydrogen) atoms. The van der Waals surface area contributed by atoms with Crippen molar-refractivity contribution in [3.8, 4) is 0 Å². The van der Waals surface area contributed by atoms with Gasteiger partial charge < -0.3 is 5.32 Å². The minimum Gasteiger partial charge on any atom is -0.325 e. The van der Waals surface area contributed by atoms with Crippen molar-refractivity contribution in [2.24, 2.45) is 0 Å². The summed E-state index contributed by atoms with van der Waals surface area (Å²) in [5, 5.41) is 4.60. The molecule has 0 radical (unpaired) electrons. The van der Waals surface area contributed by atoms with Crippen LogP contribution >= 0.6 is 11.3 Å². The van der Waals surface area contributed by atoms with Gasteiger partial charge in [0.15, 0.2) is 0 Å². The first-order valence-corrected chi connectivity index (χ1v) is 10.1. The molecule has 0 aliphatic carbocycles. The summed E-state index contributed by atoms with van der Waals surface area (Å²) in [5.74, 6) is -0.286. The number of hydrogen-bond acceptors (Lipinski definition) is 4. The van der Waals surface area contributed by atoms with Crippen LogP contribution in [0.25, 0.3) is 0 Å². The molecule has 7 heteroatoms. The van der Waals surface area contributed by atoms with E-state index in [1.807, 2.05) is 24.4 Å². The summed E-state index contributed by atoms with van der Waals surface area (Å²) >= 11 is 1.58. The van der Waals surface area contributed by atoms with Gasteiger partial charge in [-0.25, -0.2) is 8.42 Å². The summed E-state index contributed by atoms with van der Waals surface area (Å²) < 4.78 is 28.1. The molecule has 1 aromatic heterocycles. The van der Waals surface area contributed by atoms with Gasteiger partial charge in [0, 0.05) is 18.3 Å². The highest BCUT2D eigenvalue weighted by Gasteiger charge is 2.37. The van der Waals surface area contributed by atoms with Crippen LogP contribution in [0.3, 0.4) is 0 Å². The van der Waals surface area contributed by atoms with Gasteiger partial charge in [-0.05, 0) is 48.9 Å². The zero-order valence-corrected chi connectivity index (χ0v) is 15.3. The Bertz CT molecular complexity index is 845. The van der Waals surface area contributed by atoms with Crippen LogP contribution < -0.4 is 5.32 Å². The standard InChI is InChI=1S/C17H20N2O3S2/c1-12-7-8-14(18-13(2)20)17(11-12)24(21,22)19-9-3-5-15(19)16-6-4-10-23-16/h4,6-8,10-11,15H,3,5,9H2,1-2H3,(H,18,20)/t15-/m0/s1. The van der Waals surface area contributed by atoms with Crippen LogP contribution in [0, 0.1) is 6.92 Å². The van der Waals surface area contributed by atoms with Crippen molar-refractivity contribution in [1.82, 2.24) is 4.31 Å². The van der Waals surface area contributed by atoms with E-state index in [1.54, 1.807) is 33.8 Å². The summed E-state index contributed by atoms with van der Waals surface area (Å²) in [6.45, 7) is 3.72. The Kier molecular flexibility index (Phi) is 4.76. The number of amides is 1. The molecule has 5 nitrogen and oxygen atoms in total. The monoisotopic (exact) mass is 364 g/mol. The van der Waals surface area contributed by atoms with Gasteiger partial charge in [0.1, 0.15) is 4.90 Å². The summed E-state index contributed by atoms with van der Waals surface area (Å²) in [7, 11) is -3.69. The highest BCUT2D eigenvalue weighted by atomic mass is 32.2. The van der Waals surface area contributed by atoms with Crippen LogP contribution in [0.5, 0.6) is 0 Å². The van der Waals surface area contributed by atoms with Crippen LogP contribution in [0.2, 0.25) is 0 Å². The van der Waals surface area contributed by atoms with Crippen LogP contribution in [-0.4, -0.2) is 25.2 Å². The summed E-state index contributed by atoms with van der Waals surface area (Å²) in [5.41, 5.74) is 1.18. The van der Waals surface area contributed by atoms with Crippen LogP contribution in [0.1, 0.15) is 36.2 Å². The lowest BCUT2D eigenvalue weighted by Gasteiger charge is -2.24. The van der Waals surface area contributed by atoms with Crippen molar-refractivity contribution in [2.75, 3.05) is 11.9 Å². The molecule has 1 atom stereocenters. The first-order chi connectivity index (χ1) is 11.4. The van der Waals surface area contributed by atoms with Gasteiger partial charge in [-0.1, -0.05) is 12.1 Å². The van der Waals surface area contributed by atoms with Gasteiger partial charge in [-0.2, -0.15) is 4.31 Å². The SMILES string of the molecule is CC(=O)Nc1ccc(C)cc1S(=O)(=O)N1CCC[C@H]1c1cccs1. The molecule has 1 fully saturated rings. The molecule has 1 saturated heterocycles. The van der Waals surface area contributed by atoms with Gasteiger partial charge in [-0.15, -0.1) is 11.3 Å². The number of nitrogens with zero attached hydrogens (tertiary/aromatic N) is 1. The maximum absolute atomic E-state index is 13.3. The number of benzene rings is 1. The van der Waals surface area contributed by atoms with Crippen molar-refractivity contribution < 1.29 is 13.2 Å². The Labute approximate surface area is 146 Å². The topological polar surface area (TPSA) is 66.5 Å². The molecule has 1 amide bonds. The molecule has 1 aliphatic rings. The molecule has 0 bridgehead atoms. The lowest BCUT2D eigenvalue weighted by Crippen LogP contribution is -2.31. The Morgan fingerprint density at radius 2 is 2.12 bits per heavy atom. The molecule has 1 aromatic carbocycles. The highest BCUT2D eigenvalue weighted by Crippen LogP contribution is 2.39. The fourth-order valence-electron chi connectivity index (χ4n) is 3.06. The van der Waals surface area contributed by atoms with Crippen molar-refractivity contribution >= 4 is 33.0 Å². The second-order valence-corrected chi connectivity index (χ2v) is 8.81. The molecule has 2 aromatic rings. The third-order valence-corrected chi connectivity index (χ3v) is 7.03. The molecule has 1 N–H and O–H groups in total. The van der Waals surface area contributed by atoms with Crippen molar-refractivity contribution in [2.45, 2.75) is 37.6 Å². The second-order valence-electron chi connectivity index (χ2n) is 5.97. The first kappa shape index (κ1) is 17.1. The highest BCUT2D eigenvalue weighted by molar-refractivity contribution is 7.89. The van der Waals surface area contributed by atoms with E-state index in [0.29, 0.717) is 12.2 Å². The largest absolute Gasteiger partial charge is 0.325 e. The van der Waals surface area contributed by atoms with Crippen LogP contribution in [0.4, 0.5) is 5.69 Å². The summed E-state index contributed by atoms with van der Waals surface area (Å²) in [4.78, 5) is 12.7. The van der Waals surface area contributed by atoms with E-state index in [-0.39, 0.29) is 16.8 Å². The third-order valence-electron chi connectivity index (χ3n) is 4.11. The summed E-state index contributed by atoms with van der Waals surface area (Å²) in [6.07, 6.45) is 1.66. The zero-order chi connectivity index (χ0) is 17.3. The predicted molar refractivity (Wildman–Crippen MR) is 95.7 cm³/mol. The van der Waals surface area contributed by atoms with E-state index in [1.165, 1.54) is 6.92 Å². The Hall–Kier alpha value is -1.70. The van der Waals surface area contributed by atoms with E-state index in [4.69, 9.17) is 0 Å². The second kappa shape index (κ2) is 6.66. The molecule has 3 rings (SSSR count). The van der Waals surface area contributed by atoms with Crippen molar-refractivity contribution in [3.05, 3.63) is 46.2 Å². The maximum atomic E-state index is 13.3. The van der Waals surface area contributed by atoms with E-state index >= 15 is 0 Å². The number of carbonyl (C=O) groups is 1. The fraction of sp³-hybridized carbons (Fsp3) is 0.353. The average molecular weight is 364 g/mol. The van der Waals surface area contributed by atoms with E-state index in [9.17, 15) is 13.2 Å². The van der Waals surface area contributed by atoms with Crippen LogP contribution in [0.15, 0.2) is 40.6 Å². The number of rotatable bonds is 4. The van der Waals surface area contributed by atoms with Gasteiger partial charge in [0.2, 0.25) is 15.9 Å². The van der Waals surface area contributed by atoms with E-state index in [2.05, 4.69) is 5.32 Å². The number of anilines is 1. The quantitative estimate of drug-likeness (QED) is 0.902. The molecule has 0 spiro atoms. The number of sulfonamides is 1. The smallest absolute Gasteiger partial charge is 0.245 e. The van der Waals surface area contributed by atoms with Gasteiger partial charge in [0.05, 0.1) is 11.7 Å². The first-order valence-electron chi connectivity index (χ1n) is 7.83. The molecule has 0 saturated carbocycles. The van der Waals surface area contributed by atoms with E-state index in [0.717, 1.165) is 23.3 Å². The Balaban J connectivity index is 2.04. The Morgan fingerprint density at radius 3 is 2.79 bits per heavy atom. The van der Waals surface area contributed by atoms with Gasteiger partial charge in [-0.3, -0.25) is 4.79 Å². The minimum absolute atomic E-state index is 0.124. The number of carbonyl (C=O) groups excluding carboxylic acids is 1. The number of thiophene rings is 1. The lowest BCUT2D eigenvalue weighted by molar-refractivity contribution is -0.114. The normalized spacial score (nSPS) is 18.7. The minimum atomic E-state index is -3.69. The predicted octanol–water partition coefficient (Wildman–Crippen LogP) is 3.54. The number of nitrogens with one attached hydrogen (secondary N) is 1. The average Bonchev–Trinajstić information content (AvgIpc) is 3.18. The molecule has 0 unspecified atom stereocenters. The lowest BCUT2D eigenvalue weighted by atomic mass is 10.2. The zero-order valence-electron chi connectivity index (χ0n) is 13.7. The van der Waals surface area contributed by atoms with Crippen LogP contribution in [-0.2, 0) is 14.8 Å². The maximum Gasteiger partial charge on any atom is 0.245 e. The van der Waals surface area contributed by atoms with Gasteiger partial charge in [0.25, 0.3) is 0 Å². The van der Waals surface area contributed by atoms with Crippen molar-refractivity contribution in [1.29, 1.82) is 0 Å².